The monoisotopic (exact) mass is 397 g/mol. The average molecular weight is 398 g/mol. The second kappa shape index (κ2) is 8.02. The van der Waals surface area contributed by atoms with E-state index in [0.29, 0.717) is 33.4 Å². The van der Waals surface area contributed by atoms with Gasteiger partial charge in [0.05, 0.1) is 18.2 Å². The molecule has 2 rings (SSSR count). The molecule has 0 fully saturated rings. The molecule has 0 bridgehead atoms. The molecule has 0 radical (unpaired) electrons. The van der Waals surface area contributed by atoms with Crippen LogP contribution in [0.5, 0.6) is 0 Å². The Morgan fingerprint density at radius 1 is 1.23 bits per heavy atom. The van der Waals surface area contributed by atoms with Gasteiger partial charge in [0.2, 0.25) is 5.13 Å². The summed E-state index contributed by atoms with van der Waals surface area (Å²) in [6.07, 6.45) is 0. The van der Waals surface area contributed by atoms with Crippen LogP contribution < -0.4 is 5.09 Å². The molecule has 0 aliphatic carbocycles. The quantitative estimate of drug-likeness (QED) is 0.646. The van der Waals surface area contributed by atoms with Gasteiger partial charge in [-0.2, -0.15) is 0 Å². The maximum Gasteiger partial charge on any atom is 0.289 e. The van der Waals surface area contributed by atoms with Crippen LogP contribution in [0.25, 0.3) is 10.6 Å². The zero-order valence-corrected chi connectivity index (χ0v) is 15.9. The average Bonchev–Trinajstić information content (AvgIpc) is 2.86. The van der Waals surface area contributed by atoms with E-state index in [4.69, 9.17) is 44.1 Å². The third-order valence-electron chi connectivity index (χ3n) is 2.42. The maximum absolute atomic E-state index is 6.18. The summed E-state index contributed by atoms with van der Waals surface area (Å²) in [5.74, 6) is 0. The molecular formula is C12H14Cl2N3O2PS2. The normalized spacial score (nSPS) is 11.6. The van der Waals surface area contributed by atoms with Gasteiger partial charge in [-0.25, -0.2) is 0 Å². The van der Waals surface area contributed by atoms with Gasteiger partial charge >= 0.3 is 0 Å². The zero-order valence-electron chi connectivity index (χ0n) is 11.9. The second-order valence-electron chi connectivity index (χ2n) is 3.98. The van der Waals surface area contributed by atoms with E-state index in [0.717, 1.165) is 5.56 Å². The van der Waals surface area contributed by atoms with Crippen LogP contribution in [0.2, 0.25) is 10.0 Å². The molecule has 0 aliphatic rings. The highest BCUT2D eigenvalue weighted by Gasteiger charge is 2.21. The number of nitrogens with one attached hydrogen (secondary N) is 1. The molecule has 22 heavy (non-hydrogen) atoms. The van der Waals surface area contributed by atoms with Crippen LogP contribution >= 0.6 is 41.2 Å². The van der Waals surface area contributed by atoms with Crippen molar-refractivity contribution in [1.82, 2.24) is 10.2 Å². The molecule has 0 spiro atoms. The van der Waals surface area contributed by atoms with E-state index in [9.17, 15) is 0 Å². The molecule has 1 aromatic heterocycles. The van der Waals surface area contributed by atoms with Crippen LogP contribution in [0, 0.1) is 0 Å². The first-order chi connectivity index (χ1) is 10.5. The second-order valence-corrected chi connectivity index (χ2v) is 8.98. The first-order valence-electron chi connectivity index (χ1n) is 6.43. The minimum atomic E-state index is -2.60. The van der Waals surface area contributed by atoms with Gasteiger partial charge in [-0.05, 0) is 43.9 Å². The fourth-order valence-corrected chi connectivity index (χ4v) is 5.56. The largest absolute Gasteiger partial charge is 0.314 e. The summed E-state index contributed by atoms with van der Waals surface area (Å²) in [6, 6.07) is 5.22. The lowest BCUT2D eigenvalue weighted by Crippen LogP contribution is -2.04. The summed E-state index contributed by atoms with van der Waals surface area (Å²) in [7, 11) is 0. The summed E-state index contributed by atoms with van der Waals surface area (Å²) in [4.78, 5) is 0. The van der Waals surface area contributed by atoms with Gasteiger partial charge in [-0.3, -0.25) is 5.09 Å². The lowest BCUT2D eigenvalue weighted by molar-refractivity contribution is 0.271. The van der Waals surface area contributed by atoms with E-state index in [-0.39, 0.29) is 0 Å². The van der Waals surface area contributed by atoms with Crippen LogP contribution in [0.3, 0.4) is 0 Å². The van der Waals surface area contributed by atoms with E-state index in [1.165, 1.54) is 11.3 Å². The standard InChI is InChI=1S/C12H14Cl2N3O2PS2/c1-3-18-20(21,19-4-2)17-12-16-15-11(22-12)9-6-5-8(13)7-10(9)14/h5-7H,3-4H2,1-2H3,(H,16,17,21). The van der Waals surface area contributed by atoms with Gasteiger partial charge in [0.15, 0.2) is 5.01 Å². The van der Waals surface area contributed by atoms with E-state index in [1.807, 2.05) is 13.8 Å². The Morgan fingerprint density at radius 2 is 1.91 bits per heavy atom. The number of halogens is 2. The van der Waals surface area contributed by atoms with Crippen LogP contribution in [-0.4, -0.2) is 23.4 Å². The fraction of sp³-hybridized carbons (Fsp3) is 0.333. The molecule has 10 heteroatoms. The highest BCUT2D eigenvalue weighted by atomic mass is 35.5. The van der Waals surface area contributed by atoms with E-state index < -0.39 is 6.64 Å². The minimum absolute atomic E-state index is 0.457. The third kappa shape index (κ3) is 4.61. The number of hydrogen-bond acceptors (Lipinski definition) is 6. The molecule has 0 amide bonds. The van der Waals surface area contributed by atoms with Crippen molar-refractivity contribution in [3.05, 3.63) is 28.2 Å². The van der Waals surface area contributed by atoms with Crippen molar-refractivity contribution in [3.8, 4) is 10.6 Å². The van der Waals surface area contributed by atoms with Crippen molar-refractivity contribution >= 4 is 58.1 Å². The first kappa shape index (κ1) is 18.1. The highest BCUT2D eigenvalue weighted by Crippen LogP contribution is 2.49. The Morgan fingerprint density at radius 3 is 2.50 bits per heavy atom. The van der Waals surface area contributed by atoms with Crippen molar-refractivity contribution < 1.29 is 9.05 Å². The Balaban J connectivity index is 2.22. The van der Waals surface area contributed by atoms with Gasteiger partial charge in [-0.1, -0.05) is 34.5 Å². The Hall–Kier alpha value is -0.270. The Kier molecular flexibility index (Phi) is 6.58. The van der Waals surface area contributed by atoms with Gasteiger partial charge in [0, 0.05) is 10.6 Å². The number of hydrogen-bond donors (Lipinski definition) is 1. The molecule has 0 aliphatic heterocycles. The summed E-state index contributed by atoms with van der Waals surface area (Å²) in [5.41, 5.74) is 0.762. The van der Waals surface area contributed by atoms with E-state index >= 15 is 0 Å². The van der Waals surface area contributed by atoms with Gasteiger partial charge in [0.25, 0.3) is 6.64 Å². The first-order valence-corrected chi connectivity index (χ1v) is 10.6. The summed E-state index contributed by atoms with van der Waals surface area (Å²) < 4.78 is 11.0. The number of nitrogens with zero attached hydrogens (tertiary/aromatic N) is 2. The highest BCUT2D eigenvalue weighted by molar-refractivity contribution is 8.10. The minimum Gasteiger partial charge on any atom is -0.314 e. The lowest BCUT2D eigenvalue weighted by atomic mass is 10.2. The molecule has 1 aromatic carbocycles. The molecule has 2 aromatic rings. The number of aromatic nitrogens is 2. The van der Waals surface area contributed by atoms with Crippen LogP contribution in [0.15, 0.2) is 18.2 Å². The SMILES string of the molecule is CCOP(=S)(Nc1nnc(-c2ccc(Cl)cc2Cl)s1)OCC. The smallest absolute Gasteiger partial charge is 0.289 e. The molecule has 0 unspecified atom stereocenters. The van der Waals surface area contributed by atoms with Crippen molar-refractivity contribution in [2.45, 2.75) is 13.8 Å². The van der Waals surface area contributed by atoms with E-state index in [2.05, 4.69) is 15.3 Å². The van der Waals surface area contributed by atoms with Gasteiger partial charge in [0.1, 0.15) is 0 Å². The molecular weight excluding hydrogens is 384 g/mol. The van der Waals surface area contributed by atoms with E-state index in [1.54, 1.807) is 18.2 Å². The zero-order chi connectivity index (χ0) is 16.2. The Labute approximate surface area is 148 Å². The molecule has 120 valence electrons. The lowest BCUT2D eigenvalue weighted by Gasteiger charge is -2.20. The van der Waals surface area contributed by atoms with Crippen LogP contribution in [-0.2, 0) is 20.9 Å². The van der Waals surface area contributed by atoms with Crippen molar-refractivity contribution in [1.29, 1.82) is 0 Å². The predicted molar refractivity (Wildman–Crippen MR) is 96.5 cm³/mol. The summed E-state index contributed by atoms with van der Waals surface area (Å²) in [5, 5.41) is 13.5. The maximum atomic E-state index is 6.18. The van der Waals surface area contributed by atoms with Gasteiger partial charge < -0.3 is 9.05 Å². The molecule has 0 saturated carbocycles. The van der Waals surface area contributed by atoms with Crippen molar-refractivity contribution in [3.63, 3.8) is 0 Å². The number of benzene rings is 1. The van der Waals surface area contributed by atoms with Gasteiger partial charge in [-0.15, -0.1) is 10.2 Å². The predicted octanol–water partition coefficient (Wildman–Crippen LogP) is 5.22. The number of anilines is 1. The molecule has 1 N–H and O–H groups in total. The van der Waals surface area contributed by atoms with Crippen LogP contribution in [0.1, 0.15) is 13.8 Å². The summed E-state index contributed by atoms with van der Waals surface area (Å²) >= 11 is 18.8. The van der Waals surface area contributed by atoms with Crippen molar-refractivity contribution in [2.75, 3.05) is 18.3 Å². The third-order valence-corrected chi connectivity index (χ3v) is 6.58. The summed E-state index contributed by atoms with van der Waals surface area (Å²) in [6.45, 7) is 2.04. The Bertz CT molecular complexity index is 689. The van der Waals surface area contributed by atoms with Crippen molar-refractivity contribution in [2.24, 2.45) is 0 Å². The topological polar surface area (TPSA) is 56.3 Å². The molecule has 1 heterocycles. The fourth-order valence-electron chi connectivity index (χ4n) is 1.60. The molecule has 0 atom stereocenters. The van der Waals surface area contributed by atoms with Crippen LogP contribution in [0.4, 0.5) is 5.13 Å². The molecule has 0 saturated heterocycles. The molecule has 5 nitrogen and oxygen atoms in total. The number of rotatable bonds is 7.